The number of halogens is 2. The van der Waals surface area contributed by atoms with Gasteiger partial charge in [0.2, 0.25) is 10.0 Å². The maximum absolute atomic E-state index is 14.4. The highest BCUT2D eigenvalue weighted by Gasteiger charge is 2.30. The third kappa shape index (κ3) is 4.19. The number of carbonyl (C=O) groups excluding carboxylic acids is 1. The lowest BCUT2D eigenvalue weighted by Gasteiger charge is -2.31. The van der Waals surface area contributed by atoms with E-state index in [1.165, 1.54) is 16.4 Å². The van der Waals surface area contributed by atoms with Crippen LogP contribution in [-0.4, -0.2) is 62.8 Å². The predicted molar refractivity (Wildman–Crippen MR) is 99.6 cm³/mol. The summed E-state index contributed by atoms with van der Waals surface area (Å²) in [4.78, 5) is 13.8. The van der Waals surface area contributed by atoms with Crippen molar-refractivity contribution in [2.45, 2.75) is 36.6 Å². The van der Waals surface area contributed by atoms with Gasteiger partial charge in [-0.1, -0.05) is 0 Å². The minimum atomic E-state index is -3.74. The van der Waals surface area contributed by atoms with E-state index in [0.29, 0.717) is 32.2 Å². The van der Waals surface area contributed by atoms with Crippen LogP contribution >= 0.6 is 12.4 Å². The highest BCUT2D eigenvalue weighted by atomic mass is 35.5. The number of nitrogens with one attached hydrogen (secondary N) is 1. The molecule has 0 unspecified atom stereocenters. The van der Waals surface area contributed by atoms with Crippen LogP contribution in [0.4, 0.5) is 4.39 Å². The summed E-state index contributed by atoms with van der Waals surface area (Å²) in [6.45, 7) is 2.06. The van der Waals surface area contributed by atoms with Crippen molar-refractivity contribution in [2.75, 3.05) is 33.2 Å². The van der Waals surface area contributed by atoms with Crippen molar-refractivity contribution in [3.8, 4) is 0 Å². The molecule has 9 heteroatoms. The van der Waals surface area contributed by atoms with Gasteiger partial charge in [0.15, 0.2) is 0 Å². The number of hydrogen-bond donors (Lipinski definition) is 1. The summed E-state index contributed by atoms with van der Waals surface area (Å²) in [5, 5.41) is 3.15. The zero-order valence-corrected chi connectivity index (χ0v) is 16.4. The molecular weight excluding hydrogens is 381 g/mol. The number of piperidine rings is 1. The summed E-state index contributed by atoms with van der Waals surface area (Å²) >= 11 is 0. The van der Waals surface area contributed by atoms with Gasteiger partial charge in [-0.2, -0.15) is 4.31 Å². The second-order valence-electron chi connectivity index (χ2n) is 6.61. The topological polar surface area (TPSA) is 69.7 Å². The Labute approximate surface area is 160 Å². The van der Waals surface area contributed by atoms with Crippen LogP contribution in [0.3, 0.4) is 0 Å². The van der Waals surface area contributed by atoms with Crippen molar-refractivity contribution in [3.63, 3.8) is 0 Å². The first-order valence-corrected chi connectivity index (χ1v) is 10.1. The van der Waals surface area contributed by atoms with Crippen molar-refractivity contribution in [3.05, 3.63) is 29.6 Å². The Balaban J connectivity index is 0.00000243. The molecule has 0 atom stereocenters. The summed E-state index contributed by atoms with van der Waals surface area (Å²) < 4.78 is 41.2. The van der Waals surface area contributed by atoms with E-state index < -0.39 is 15.8 Å². The smallest absolute Gasteiger partial charge is 0.256 e. The van der Waals surface area contributed by atoms with Crippen LogP contribution in [0.2, 0.25) is 0 Å². The van der Waals surface area contributed by atoms with E-state index >= 15 is 0 Å². The molecule has 6 nitrogen and oxygen atoms in total. The van der Waals surface area contributed by atoms with Gasteiger partial charge in [0, 0.05) is 32.2 Å². The number of benzene rings is 1. The van der Waals surface area contributed by atoms with Crippen molar-refractivity contribution < 1.29 is 17.6 Å². The normalized spacial score (nSPS) is 19.4. The minimum Gasteiger partial charge on any atom is -0.339 e. The van der Waals surface area contributed by atoms with E-state index in [1.54, 1.807) is 4.90 Å². The molecule has 2 heterocycles. The third-order valence-corrected chi connectivity index (χ3v) is 6.96. The molecule has 0 radical (unpaired) electrons. The molecule has 3 rings (SSSR count). The molecule has 2 aliphatic heterocycles. The van der Waals surface area contributed by atoms with Gasteiger partial charge in [-0.3, -0.25) is 4.79 Å². The van der Waals surface area contributed by atoms with E-state index in [2.05, 4.69) is 5.32 Å². The predicted octanol–water partition coefficient (Wildman–Crippen LogP) is 1.86. The van der Waals surface area contributed by atoms with Crippen molar-refractivity contribution in [1.29, 1.82) is 0 Å². The molecule has 2 saturated heterocycles. The highest BCUT2D eigenvalue weighted by Crippen LogP contribution is 2.24. The maximum atomic E-state index is 14.4. The van der Waals surface area contributed by atoms with Gasteiger partial charge in [0.25, 0.3) is 5.91 Å². The monoisotopic (exact) mass is 405 g/mol. The lowest BCUT2D eigenvalue weighted by molar-refractivity contribution is 0.0788. The Kier molecular flexibility index (Phi) is 7.01. The molecule has 26 heavy (non-hydrogen) atoms. The third-order valence-electron chi connectivity index (χ3n) is 5.06. The van der Waals surface area contributed by atoms with Crippen molar-refractivity contribution >= 4 is 28.3 Å². The molecule has 1 aromatic carbocycles. The van der Waals surface area contributed by atoms with Crippen LogP contribution in [0.1, 0.15) is 36.0 Å². The highest BCUT2D eigenvalue weighted by molar-refractivity contribution is 7.89. The molecule has 0 aromatic heterocycles. The first kappa shape index (κ1) is 21.1. The minimum absolute atomic E-state index is 0. The van der Waals surface area contributed by atoms with Crippen LogP contribution in [-0.2, 0) is 10.0 Å². The Hall–Kier alpha value is -1.22. The second kappa shape index (κ2) is 8.65. The Morgan fingerprint density at radius 1 is 1.15 bits per heavy atom. The SMILES string of the molecule is CNC1CCN(S(=O)(=O)c2ccc(C(=O)N3CCCC3)c(F)c2)CC1.Cl. The largest absolute Gasteiger partial charge is 0.339 e. The van der Waals surface area contributed by atoms with E-state index in [1.807, 2.05) is 7.05 Å². The molecule has 1 amide bonds. The summed E-state index contributed by atoms with van der Waals surface area (Å²) in [5.41, 5.74) is -0.0604. The fourth-order valence-corrected chi connectivity index (χ4v) is 4.94. The molecule has 0 saturated carbocycles. The fraction of sp³-hybridized carbons (Fsp3) is 0.588. The van der Waals surface area contributed by atoms with Crippen molar-refractivity contribution in [1.82, 2.24) is 14.5 Å². The first-order valence-electron chi connectivity index (χ1n) is 8.69. The molecule has 0 aliphatic carbocycles. The second-order valence-corrected chi connectivity index (χ2v) is 8.55. The van der Waals surface area contributed by atoms with E-state index in [0.717, 1.165) is 31.7 Å². The van der Waals surface area contributed by atoms with Gasteiger partial charge in [0.1, 0.15) is 5.82 Å². The van der Waals surface area contributed by atoms with Gasteiger partial charge in [-0.05, 0) is 50.9 Å². The van der Waals surface area contributed by atoms with Gasteiger partial charge < -0.3 is 10.2 Å². The molecular formula is C17H25ClFN3O3S. The van der Waals surface area contributed by atoms with Gasteiger partial charge in [-0.15, -0.1) is 12.4 Å². The van der Waals surface area contributed by atoms with Gasteiger partial charge in [0.05, 0.1) is 10.5 Å². The molecule has 2 aliphatic rings. The average molecular weight is 406 g/mol. The summed E-state index contributed by atoms with van der Waals surface area (Å²) in [6, 6.07) is 3.92. The lowest BCUT2D eigenvalue weighted by atomic mass is 10.1. The quantitative estimate of drug-likeness (QED) is 0.830. The van der Waals surface area contributed by atoms with Crippen molar-refractivity contribution in [2.24, 2.45) is 0 Å². The van der Waals surface area contributed by atoms with E-state index in [-0.39, 0.29) is 28.8 Å². The van der Waals surface area contributed by atoms with E-state index in [4.69, 9.17) is 0 Å². The standard InChI is InChI=1S/C17H24FN3O3S.ClH/c1-19-13-6-10-21(11-7-13)25(23,24)14-4-5-15(16(18)12-14)17(22)20-8-2-3-9-20;/h4-5,12-13,19H,2-3,6-11H2,1H3;1H. The maximum Gasteiger partial charge on any atom is 0.256 e. The molecule has 1 aromatic rings. The van der Waals surface area contributed by atoms with E-state index in [9.17, 15) is 17.6 Å². The lowest BCUT2D eigenvalue weighted by Crippen LogP contribution is -2.43. The van der Waals surface area contributed by atoms with Gasteiger partial charge in [-0.25, -0.2) is 12.8 Å². The van der Waals surface area contributed by atoms with Crippen LogP contribution in [0.25, 0.3) is 0 Å². The number of carbonyl (C=O) groups is 1. The van der Waals surface area contributed by atoms with Crippen LogP contribution < -0.4 is 5.32 Å². The van der Waals surface area contributed by atoms with Gasteiger partial charge >= 0.3 is 0 Å². The first-order chi connectivity index (χ1) is 11.9. The molecule has 0 spiro atoms. The number of hydrogen-bond acceptors (Lipinski definition) is 4. The Morgan fingerprint density at radius 2 is 1.77 bits per heavy atom. The zero-order chi connectivity index (χ0) is 18.0. The average Bonchev–Trinajstić information content (AvgIpc) is 3.15. The molecule has 1 N–H and O–H groups in total. The molecule has 2 fully saturated rings. The van der Waals surface area contributed by atoms with Crippen LogP contribution in [0, 0.1) is 5.82 Å². The summed E-state index contributed by atoms with van der Waals surface area (Å²) in [5.74, 6) is -1.14. The zero-order valence-electron chi connectivity index (χ0n) is 14.8. The molecule has 0 bridgehead atoms. The molecule has 146 valence electrons. The Morgan fingerprint density at radius 3 is 2.31 bits per heavy atom. The fourth-order valence-electron chi connectivity index (χ4n) is 3.45. The number of amides is 1. The summed E-state index contributed by atoms with van der Waals surface area (Å²) in [7, 11) is -1.88. The van der Waals surface area contributed by atoms with Crippen LogP contribution in [0.15, 0.2) is 23.1 Å². The number of nitrogens with zero attached hydrogens (tertiary/aromatic N) is 2. The van der Waals surface area contributed by atoms with Crippen LogP contribution in [0.5, 0.6) is 0 Å². The number of sulfonamides is 1. The Bertz CT molecular complexity index is 746. The number of likely N-dealkylation sites (tertiary alicyclic amines) is 1. The number of rotatable bonds is 4. The summed E-state index contributed by atoms with van der Waals surface area (Å²) in [6.07, 6.45) is 3.29.